The molecule has 2 nitrogen and oxygen atoms in total. The average molecular weight is 208 g/mol. The highest BCUT2D eigenvalue weighted by Gasteiger charge is 2.42. The van der Waals surface area contributed by atoms with Crippen LogP contribution in [0.1, 0.15) is 12.5 Å². The maximum absolute atomic E-state index is 9.13. The fraction of sp³-hybridized carbons (Fsp3) is 0.364. The van der Waals surface area contributed by atoms with Crippen molar-refractivity contribution < 1.29 is 4.74 Å². The Bertz CT molecular complexity index is 399. The number of nitriles is 1. The van der Waals surface area contributed by atoms with Crippen LogP contribution in [0.3, 0.4) is 0 Å². The topological polar surface area (TPSA) is 33.0 Å². The van der Waals surface area contributed by atoms with Crippen LogP contribution in [-0.4, -0.2) is 6.61 Å². The molecule has 0 bridgehead atoms. The molecule has 0 amide bonds. The second-order valence-corrected chi connectivity index (χ2v) is 4.13. The highest BCUT2D eigenvalue weighted by Crippen LogP contribution is 2.44. The van der Waals surface area contributed by atoms with E-state index in [9.17, 15) is 0 Å². The van der Waals surface area contributed by atoms with Crippen molar-refractivity contribution in [2.75, 3.05) is 6.61 Å². The van der Waals surface area contributed by atoms with Gasteiger partial charge in [-0.15, -0.1) is 0 Å². The Labute approximate surface area is 88.1 Å². The predicted octanol–water partition coefficient (Wildman–Crippen LogP) is 2.67. The lowest BCUT2D eigenvalue weighted by atomic mass is 9.85. The van der Waals surface area contributed by atoms with Crippen LogP contribution >= 0.6 is 11.6 Å². The van der Waals surface area contributed by atoms with Gasteiger partial charge in [0.15, 0.2) is 4.87 Å². The minimum atomic E-state index is -0.936. The molecule has 0 saturated carbocycles. The third-order valence-corrected chi connectivity index (χ3v) is 3.27. The summed E-state index contributed by atoms with van der Waals surface area (Å²) in [7, 11) is 0. The van der Waals surface area contributed by atoms with E-state index in [1.165, 1.54) is 0 Å². The van der Waals surface area contributed by atoms with E-state index in [-0.39, 0.29) is 5.92 Å². The standard InChI is InChI=1S/C11H10ClNO/c1-8-6-14-10-5-3-2-4-9(10)11(8,12)7-13/h2-5,8H,6H2,1H3. The number of nitrogens with zero attached hydrogens (tertiary/aromatic N) is 1. The van der Waals surface area contributed by atoms with Crippen molar-refractivity contribution in [3.8, 4) is 11.8 Å². The Morgan fingerprint density at radius 2 is 2.29 bits per heavy atom. The monoisotopic (exact) mass is 207 g/mol. The summed E-state index contributed by atoms with van der Waals surface area (Å²) in [4.78, 5) is -0.936. The van der Waals surface area contributed by atoms with Gasteiger partial charge in [0.05, 0.1) is 12.7 Å². The summed E-state index contributed by atoms with van der Waals surface area (Å²) in [5.41, 5.74) is 0.780. The van der Waals surface area contributed by atoms with Gasteiger partial charge in [-0.25, -0.2) is 0 Å². The summed E-state index contributed by atoms with van der Waals surface area (Å²) in [5, 5.41) is 9.13. The van der Waals surface area contributed by atoms with Crippen LogP contribution in [0.4, 0.5) is 0 Å². The van der Waals surface area contributed by atoms with E-state index >= 15 is 0 Å². The van der Waals surface area contributed by atoms with Crippen LogP contribution in [0.2, 0.25) is 0 Å². The number of fused-ring (bicyclic) bond motifs is 1. The fourth-order valence-electron chi connectivity index (χ4n) is 1.66. The van der Waals surface area contributed by atoms with Crippen LogP contribution in [0.5, 0.6) is 5.75 Å². The Balaban J connectivity index is 2.59. The zero-order valence-corrected chi connectivity index (χ0v) is 8.58. The summed E-state index contributed by atoms with van der Waals surface area (Å²) in [5.74, 6) is 0.728. The normalized spacial score (nSPS) is 29.9. The number of para-hydroxylation sites is 1. The quantitative estimate of drug-likeness (QED) is 0.613. The first-order valence-corrected chi connectivity index (χ1v) is 4.88. The Kier molecular flexibility index (Phi) is 2.13. The van der Waals surface area contributed by atoms with E-state index in [0.717, 1.165) is 11.3 Å². The Morgan fingerprint density at radius 3 is 3.00 bits per heavy atom. The molecule has 0 N–H and O–H groups in total. The number of benzene rings is 1. The summed E-state index contributed by atoms with van der Waals surface area (Å²) in [6.45, 7) is 2.42. The van der Waals surface area contributed by atoms with E-state index in [4.69, 9.17) is 21.6 Å². The predicted molar refractivity (Wildman–Crippen MR) is 54.2 cm³/mol. The molecule has 1 heterocycles. The molecule has 1 aliphatic rings. The van der Waals surface area contributed by atoms with Gasteiger partial charge in [-0.05, 0) is 6.07 Å². The molecular weight excluding hydrogens is 198 g/mol. The third kappa shape index (κ3) is 1.17. The lowest BCUT2D eigenvalue weighted by molar-refractivity contribution is 0.208. The lowest BCUT2D eigenvalue weighted by Crippen LogP contribution is -2.34. The minimum Gasteiger partial charge on any atom is -0.493 e. The number of hydrogen-bond acceptors (Lipinski definition) is 2. The molecule has 0 aromatic heterocycles. The number of rotatable bonds is 0. The highest BCUT2D eigenvalue weighted by atomic mass is 35.5. The molecule has 1 aromatic carbocycles. The van der Waals surface area contributed by atoms with Gasteiger partial charge in [0.25, 0.3) is 0 Å². The molecule has 0 radical (unpaired) electrons. The van der Waals surface area contributed by atoms with Crippen molar-refractivity contribution in [2.24, 2.45) is 5.92 Å². The van der Waals surface area contributed by atoms with Crippen LogP contribution in [0.15, 0.2) is 24.3 Å². The highest BCUT2D eigenvalue weighted by molar-refractivity contribution is 6.26. The Hall–Kier alpha value is -1.20. The first-order valence-electron chi connectivity index (χ1n) is 4.51. The van der Waals surface area contributed by atoms with Crippen molar-refractivity contribution >= 4 is 11.6 Å². The SMILES string of the molecule is CC1COc2ccccc2C1(Cl)C#N. The van der Waals surface area contributed by atoms with Crippen molar-refractivity contribution in [2.45, 2.75) is 11.8 Å². The molecule has 1 aromatic rings. The number of hydrogen-bond donors (Lipinski definition) is 0. The first-order chi connectivity index (χ1) is 6.68. The van der Waals surface area contributed by atoms with Crippen molar-refractivity contribution in [3.05, 3.63) is 29.8 Å². The van der Waals surface area contributed by atoms with Gasteiger partial charge in [-0.2, -0.15) is 5.26 Å². The van der Waals surface area contributed by atoms with E-state index in [1.807, 2.05) is 31.2 Å². The largest absolute Gasteiger partial charge is 0.493 e. The van der Waals surface area contributed by atoms with Crippen LogP contribution in [0, 0.1) is 17.2 Å². The van der Waals surface area contributed by atoms with E-state index < -0.39 is 4.87 Å². The summed E-state index contributed by atoms with van der Waals surface area (Å²) >= 11 is 6.30. The molecule has 1 aliphatic heterocycles. The van der Waals surface area contributed by atoms with Gasteiger partial charge < -0.3 is 4.74 Å². The van der Waals surface area contributed by atoms with E-state index in [1.54, 1.807) is 0 Å². The van der Waals surface area contributed by atoms with E-state index in [0.29, 0.717) is 6.61 Å². The van der Waals surface area contributed by atoms with Gasteiger partial charge >= 0.3 is 0 Å². The molecule has 72 valence electrons. The average Bonchev–Trinajstić information content (AvgIpc) is 2.24. The second-order valence-electron chi connectivity index (χ2n) is 3.53. The summed E-state index contributed by atoms with van der Waals surface area (Å²) in [6, 6.07) is 9.61. The van der Waals surface area contributed by atoms with Crippen molar-refractivity contribution in [1.82, 2.24) is 0 Å². The maximum Gasteiger partial charge on any atom is 0.165 e. The molecule has 0 saturated heterocycles. The molecule has 0 spiro atoms. The zero-order valence-electron chi connectivity index (χ0n) is 7.83. The van der Waals surface area contributed by atoms with Gasteiger partial charge in [0, 0.05) is 11.5 Å². The molecular formula is C11H10ClNO. The number of alkyl halides is 1. The molecule has 2 rings (SSSR count). The molecule has 3 heteroatoms. The molecule has 0 fully saturated rings. The van der Waals surface area contributed by atoms with Crippen LogP contribution < -0.4 is 4.74 Å². The summed E-state index contributed by atoms with van der Waals surface area (Å²) < 4.78 is 5.50. The fourth-order valence-corrected chi connectivity index (χ4v) is 1.88. The van der Waals surface area contributed by atoms with E-state index in [2.05, 4.69) is 6.07 Å². The minimum absolute atomic E-state index is 0.00377. The van der Waals surface area contributed by atoms with Crippen LogP contribution in [-0.2, 0) is 4.87 Å². The molecule has 14 heavy (non-hydrogen) atoms. The van der Waals surface area contributed by atoms with Crippen molar-refractivity contribution in [1.29, 1.82) is 5.26 Å². The lowest BCUT2D eigenvalue weighted by Gasteiger charge is -2.33. The van der Waals surface area contributed by atoms with Crippen LogP contribution in [0.25, 0.3) is 0 Å². The van der Waals surface area contributed by atoms with Gasteiger partial charge in [0.2, 0.25) is 0 Å². The van der Waals surface area contributed by atoms with Gasteiger partial charge in [-0.1, -0.05) is 36.7 Å². The molecule has 2 atom stereocenters. The maximum atomic E-state index is 9.13. The Morgan fingerprint density at radius 1 is 1.57 bits per heavy atom. The van der Waals surface area contributed by atoms with Gasteiger partial charge in [0.1, 0.15) is 5.75 Å². The number of halogens is 1. The van der Waals surface area contributed by atoms with Gasteiger partial charge in [-0.3, -0.25) is 0 Å². The zero-order chi connectivity index (χ0) is 10.2. The molecule has 2 unspecified atom stereocenters. The number of ether oxygens (including phenoxy) is 1. The molecule has 0 aliphatic carbocycles. The second kappa shape index (κ2) is 3.18. The third-order valence-electron chi connectivity index (χ3n) is 2.61. The first kappa shape index (κ1) is 9.36. The summed E-state index contributed by atoms with van der Waals surface area (Å²) in [6.07, 6.45) is 0. The van der Waals surface area contributed by atoms with Crippen molar-refractivity contribution in [3.63, 3.8) is 0 Å². The smallest absolute Gasteiger partial charge is 0.165 e.